The normalized spacial score (nSPS) is 12.1. The Morgan fingerprint density at radius 2 is 1.82 bits per heavy atom. The van der Waals surface area contributed by atoms with Gasteiger partial charge in [-0.05, 0) is 48.0 Å². The number of halogens is 1. The minimum atomic E-state index is -3.68. The predicted molar refractivity (Wildman–Crippen MR) is 140 cm³/mol. The van der Waals surface area contributed by atoms with Gasteiger partial charge in [-0.1, -0.05) is 12.1 Å². The van der Waals surface area contributed by atoms with Crippen LogP contribution >= 0.6 is 0 Å². The van der Waals surface area contributed by atoms with Crippen molar-refractivity contribution in [2.75, 3.05) is 25.7 Å². The molecular formula is C27H24FN3O6S. The van der Waals surface area contributed by atoms with Crippen molar-refractivity contribution in [2.45, 2.75) is 12.2 Å². The molecule has 0 bridgehead atoms. The van der Waals surface area contributed by atoms with E-state index in [0.29, 0.717) is 16.5 Å². The Morgan fingerprint density at radius 3 is 2.39 bits per heavy atom. The molecule has 3 aromatic carbocycles. The van der Waals surface area contributed by atoms with Crippen molar-refractivity contribution >= 4 is 32.4 Å². The zero-order valence-corrected chi connectivity index (χ0v) is 21.6. The summed E-state index contributed by atoms with van der Waals surface area (Å²) in [6.07, 6.45) is 1.02. The minimum absolute atomic E-state index is 0.0837. The van der Waals surface area contributed by atoms with Crippen molar-refractivity contribution in [3.63, 3.8) is 0 Å². The molecule has 11 heteroatoms. The number of furan rings is 1. The van der Waals surface area contributed by atoms with Crippen LogP contribution in [0.15, 0.2) is 65.1 Å². The highest BCUT2D eigenvalue weighted by atomic mass is 32.2. The minimum Gasteiger partial charge on any atom is -0.487 e. The zero-order valence-electron chi connectivity index (χ0n) is 20.7. The van der Waals surface area contributed by atoms with E-state index in [1.165, 1.54) is 44.5 Å². The van der Waals surface area contributed by atoms with Crippen molar-refractivity contribution < 1.29 is 31.5 Å². The average Bonchev–Trinajstić information content (AvgIpc) is 3.28. The van der Waals surface area contributed by atoms with Crippen LogP contribution in [0, 0.1) is 17.1 Å². The summed E-state index contributed by atoms with van der Waals surface area (Å²) in [6, 6.07) is 17.4. The molecule has 38 heavy (non-hydrogen) atoms. The highest BCUT2D eigenvalue weighted by Crippen LogP contribution is 2.40. The number of nitrogens with zero attached hydrogens (tertiary/aromatic N) is 1. The molecule has 0 fully saturated rings. The van der Waals surface area contributed by atoms with Crippen LogP contribution in [0.3, 0.4) is 0 Å². The van der Waals surface area contributed by atoms with Gasteiger partial charge in [0.2, 0.25) is 5.56 Å². The lowest BCUT2D eigenvalue weighted by Crippen LogP contribution is -2.30. The molecule has 1 unspecified atom stereocenters. The molecule has 1 atom stereocenters. The van der Waals surface area contributed by atoms with Crippen molar-refractivity contribution in [1.82, 2.24) is 5.32 Å². The summed E-state index contributed by atoms with van der Waals surface area (Å²) in [5.41, 5.74) is 1.05. The van der Waals surface area contributed by atoms with E-state index < -0.39 is 27.1 Å². The quantitative estimate of drug-likeness (QED) is 0.300. The number of methoxy groups -OCH3 is 1. The largest absolute Gasteiger partial charge is 0.487 e. The Kier molecular flexibility index (Phi) is 7.66. The molecule has 0 aliphatic carbocycles. The molecule has 1 aromatic heterocycles. The average molecular weight is 538 g/mol. The lowest BCUT2D eigenvalue weighted by atomic mass is 10.0. The fourth-order valence-electron chi connectivity index (χ4n) is 3.81. The molecule has 1 heterocycles. The maximum Gasteiger partial charge on any atom is 0.255 e. The van der Waals surface area contributed by atoms with Gasteiger partial charge < -0.3 is 24.5 Å². The number of benzene rings is 3. The van der Waals surface area contributed by atoms with Crippen LogP contribution in [0.5, 0.6) is 5.75 Å². The van der Waals surface area contributed by atoms with E-state index in [9.17, 15) is 17.6 Å². The number of hydrogen-bond acceptors (Lipinski definition) is 8. The fraction of sp³-hybridized carbons (Fsp3) is 0.185. The first-order valence-electron chi connectivity index (χ1n) is 11.3. The third kappa shape index (κ3) is 5.61. The molecule has 0 saturated carbocycles. The van der Waals surface area contributed by atoms with E-state index in [1.807, 2.05) is 6.07 Å². The molecule has 4 aromatic rings. The Balaban J connectivity index is 1.86. The second-order valence-corrected chi connectivity index (χ2v) is 10.5. The fourth-order valence-corrected chi connectivity index (χ4v) is 4.51. The summed E-state index contributed by atoms with van der Waals surface area (Å²) < 4.78 is 55.2. The van der Waals surface area contributed by atoms with Crippen LogP contribution in [0.2, 0.25) is 0 Å². The van der Waals surface area contributed by atoms with Crippen LogP contribution in [-0.4, -0.2) is 40.3 Å². The molecule has 0 aliphatic heterocycles. The third-order valence-corrected chi connectivity index (χ3v) is 6.79. The lowest BCUT2D eigenvalue weighted by molar-refractivity contribution is 0.0964. The van der Waals surface area contributed by atoms with Crippen molar-refractivity contribution in [3.8, 4) is 23.1 Å². The van der Waals surface area contributed by atoms with Gasteiger partial charge in [-0.3, -0.25) is 4.79 Å². The van der Waals surface area contributed by atoms with E-state index in [1.54, 1.807) is 30.3 Å². The van der Waals surface area contributed by atoms with Crippen LogP contribution in [-0.2, 0) is 21.2 Å². The maximum absolute atomic E-state index is 13.5. The summed E-state index contributed by atoms with van der Waals surface area (Å²) in [4.78, 5) is 12.9. The number of amides is 1. The number of sulfone groups is 1. The number of nitrogens with one attached hydrogen (secondary N) is 2. The van der Waals surface area contributed by atoms with E-state index in [0.717, 1.165) is 11.8 Å². The zero-order chi connectivity index (χ0) is 27.4. The van der Waals surface area contributed by atoms with Gasteiger partial charge in [-0.25, -0.2) is 12.8 Å². The Hall–Kier alpha value is -4.40. The van der Waals surface area contributed by atoms with Gasteiger partial charge in [0.1, 0.15) is 29.5 Å². The highest BCUT2D eigenvalue weighted by molar-refractivity contribution is 7.91. The number of ether oxygens (including phenoxy) is 2. The van der Waals surface area contributed by atoms with E-state index in [-0.39, 0.29) is 35.0 Å². The molecule has 4 rings (SSSR count). The molecule has 0 radical (unpaired) electrons. The second kappa shape index (κ2) is 10.9. The first-order chi connectivity index (χ1) is 18.1. The number of hydrogen-bond donors (Lipinski definition) is 2. The van der Waals surface area contributed by atoms with Crippen LogP contribution in [0.1, 0.15) is 21.5 Å². The molecule has 0 spiro atoms. The van der Waals surface area contributed by atoms with E-state index >= 15 is 0 Å². The van der Waals surface area contributed by atoms with E-state index in [4.69, 9.17) is 19.2 Å². The summed E-state index contributed by atoms with van der Waals surface area (Å²) in [7, 11) is -0.952. The number of carbonyl (C=O) groups is 1. The van der Waals surface area contributed by atoms with Crippen molar-refractivity contribution in [2.24, 2.45) is 0 Å². The summed E-state index contributed by atoms with van der Waals surface area (Å²) in [5, 5.41) is 14.8. The standard InChI is InChI=1S/C27H24FN3O6S/c1-30-26(32)24-20-12-23(36-15-17-6-4-16(14-29)5-7-17)21(31-27(35-2)38(3,33)34)13-22(20)37-25(24)18-8-10-19(28)11-9-18/h4-13,27,31H,15H2,1-3H3,(H,30,32). The van der Waals surface area contributed by atoms with Crippen LogP contribution in [0.25, 0.3) is 22.3 Å². The van der Waals surface area contributed by atoms with Gasteiger partial charge in [-0.2, -0.15) is 5.26 Å². The van der Waals surface area contributed by atoms with Crippen molar-refractivity contribution in [3.05, 3.63) is 83.2 Å². The number of rotatable bonds is 9. The first-order valence-corrected chi connectivity index (χ1v) is 13.3. The van der Waals surface area contributed by atoms with Gasteiger partial charge in [0.25, 0.3) is 5.91 Å². The summed E-state index contributed by atoms with van der Waals surface area (Å²) >= 11 is 0. The molecule has 196 valence electrons. The molecule has 0 saturated heterocycles. The Morgan fingerprint density at radius 1 is 1.13 bits per heavy atom. The highest BCUT2D eigenvalue weighted by Gasteiger charge is 2.26. The summed E-state index contributed by atoms with van der Waals surface area (Å²) in [5.74, 6) is -0.444. The smallest absolute Gasteiger partial charge is 0.255 e. The lowest BCUT2D eigenvalue weighted by Gasteiger charge is -2.19. The SMILES string of the molecule is CNC(=O)c1c(-c2ccc(F)cc2)oc2cc(NC(OC)S(C)(=O)=O)c(OCc3ccc(C#N)cc3)cc12. The molecule has 2 N–H and O–H groups in total. The van der Waals surface area contributed by atoms with Gasteiger partial charge in [0, 0.05) is 37.4 Å². The Bertz CT molecular complexity index is 1620. The molecule has 0 aliphatic rings. The Labute approximate surface area is 218 Å². The monoisotopic (exact) mass is 537 g/mol. The number of carbonyl (C=O) groups excluding carboxylic acids is 1. The van der Waals surface area contributed by atoms with Gasteiger partial charge in [0.05, 0.1) is 22.9 Å². The van der Waals surface area contributed by atoms with Gasteiger partial charge in [-0.15, -0.1) is 0 Å². The topological polar surface area (TPSA) is 131 Å². The van der Waals surface area contributed by atoms with E-state index in [2.05, 4.69) is 10.6 Å². The van der Waals surface area contributed by atoms with Gasteiger partial charge in [0.15, 0.2) is 9.84 Å². The second-order valence-electron chi connectivity index (χ2n) is 8.38. The summed E-state index contributed by atoms with van der Waals surface area (Å²) in [6.45, 7) is 0.0837. The third-order valence-electron chi connectivity index (χ3n) is 5.70. The van der Waals surface area contributed by atoms with Gasteiger partial charge >= 0.3 is 0 Å². The van der Waals surface area contributed by atoms with Crippen molar-refractivity contribution in [1.29, 1.82) is 5.26 Å². The number of fused-ring (bicyclic) bond motifs is 1. The maximum atomic E-state index is 13.5. The molecular weight excluding hydrogens is 513 g/mol. The van der Waals surface area contributed by atoms with Crippen LogP contribution < -0.4 is 15.4 Å². The number of nitriles is 1. The first kappa shape index (κ1) is 26.7. The van der Waals surface area contributed by atoms with Crippen LogP contribution in [0.4, 0.5) is 10.1 Å². The molecule has 1 amide bonds. The molecule has 9 nitrogen and oxygen atoms in total. The predicted octanol–water partition coefficient (Wildman–Crippen LogP) is 4.44. The number of anilines is 1.